The van der Waals surface area contributed by atoms with Crippen molar-refractivity contribution in [2.75, 3.05) is 11.9 Å². The second-order valence-corrected chi connectivity index (χ2v) is 5.27. The lowest BCUT2D eigenvalue weighted by atomic mass is 10.2. The van der Waals surface area contributed by atoms with Gasteiger partial charge in [0.15, 0.2) is 0 Å². The van der Waals surface area contributed by atoms with E-state index in [1.165, 1.54) is 0 Å². The molecule has 0 aliphatic carbocycles. The highest BCUT2D eigenvalue weighted by Crippen LogP contribution is 2.29. The first-order valence-electron chi connectivity index (χ1n) is 6.05. The average molecular weight is 304 g/mol. The molecule has 0 N–H and O–H groups in total. The highest BCUT2D eigenvalue weighted by Gasteiger charge is 2.10. The van der Waals surface area contributed by atoms with Crippen LogP contribution in [0.1, 0.15) is 0 Å². The number of nitrogens with zero attached hydrogens (tertiary/aromatic N) is 3. The molecule has 0 saturated heterocycles. The van der Waals surface area contributed by atoms with Crippen molar-refractivity contribution in [1.82, 2.24) is 9.97 Å². The first-order chi connectivity index (χ1) is 9.65. The molecule has 0 unspecified atom stereocenters. The standard InChI is InChI=1S/C15H11Cl2N3/c1-20(12-5-2-10(16)3-6-12)15-13-7-4-11(17)8-14(13)18-9-19-15/h2-9H,1H3. The van der Waals surface area contributed by atoms with Gasteiger partial charge in [-0.1, -0.05) is 23.2 Å². The largest absolute Gasteiger partial charge is 0.329 e. The molecule has 3 rings (SSSR count). The van der Waals surface area contributed by atoms with Crippen molar-refractivity contribution in [3.05, 3.63) is 58.8 Å². The van der Waals surface area contributed by atoms with Crippen LogP contribution in [0.4, 0.5) is 11.5 Å². The van der Waals surface area contributed by atoms with Crippen molar-refractivity contribution in [3.63, 3.8) is 0 Å². The fourth-order valence-corrected chi connectivity index (χ4v) is 2.36. The summed E-state index contributed by atoms with van der Waals surface area (Å²) in [5.74, 6) is 0.828. The maximum Gasteiger partial charge on any atom is 0.144 e. The zero-order chi connectivity index (χ0) is 14.1. The van der Waals surface area contributed by atoms with Gasteiger partial charge in [-0.3, -0.25) is 0 Å². The van der Waals surface area contributed by atoms with Crippen LogP contribution in [0.3, 0.4) is 0 Å². The average Bonchev–Trinajstić information content (AvgIpc) is 2.46. The molecule has 20 heavy (non-hydrogen) atoms. The maximum absolute atomic E-state index is 6.00. The fourth-order valence-electron chi connectivity index (χ4n) is 2.07. The molecule has 0 amide bonds. The summed E-state index contributed by atoms with van der Waals surface area (Å²) in [4.78, 5) is 10.6. The molecule has 0 spiro atoms. The molecule has 3 nitrogen and oxygen atoms in total. The Morgan fingerprint density at radius 2 is 1.60 bits per heavy atom. The monoisotopic (exact) mass is 303 g/mol. The predicted molar refractivity (Wildman–Crippen MR) is 84.1 cm³/mol. The first-order valence-corrected chi connectivity index (χ1v) is 6.80. The normalized spacial score (nSPS) is 10.8. The van der Waals surface area contributed by atoms with Crippen molar-refractivity contribution in [2.24, 2.45) is 0 Å². The van der Waals surface area contributed by atoms with Gasteiger partial charge in [0.05, 0.1) is 5.52 Å². The third-order valence-corrected chi connectivity index (χ3v) is 3.60. The van der Waals surface area contributed by atoms with E-state index in [4.69, 9.17) is 23.2 Å². The van der Waals surface area contributed by atoms with Crippen LogP contribution in [0, 0.1) is 0 Å². The molecule has 0 saturated carbocycles. The smallest absolute Gasteiger partial charge is 0.144 e. The summed E-state index contributed by atoms with van der Waals surface area (Å²) in [7, 11) is 1.96. The van der Waals surface area contributed by atoms with Crippen LogP contribution in [0.15, 0.2) is 48.8 Å². The molecule has 0 aliphatic heterocycles. The highest BCUT2D eigenvalue weighted by molar-refractivity contribution is 6.31. The van der Waals surface area contributed by atoms with Gasteiger partial charge in [0.2, 0.25) is 0 Å². The van der Waals surface area contributed by atoms with E-state index < -0.39 is 0 Å². The lowest BCUT2D eigenvalue weighted by Crippen LogP contribution is -2.11. The van der Waals surface area contributed by atoms with Crippen molar-refractivity contribution in [1.29, 1.82) is 0 Å². The van der Waals surface area contributed by atoms with E-state index in [-0.39, 0.29) is 0 Å². The van der Waals surface area contributed by atoms with Gasteiger partial charge in [-0.05, 0) is 42.5 Å². The van der Waals surface area contributed by atoms with Crippen molar-refractivity contribution < 1.29 is 0 Å². The summed E-state index contributed by atoms with van der Waals surface area (Å²) in [6.07, 6.45) is 1.54. The molecular weight excluding hydrogens is 293 g/mol. The van der Waals surface area contributed by atoms with Crippen LogP contribution in [0.25, 0.3) is 10.9 Å². The molecule has 100 valence electrons. The maximum atomic E-state index is 6.00. The Kier molecular flexibility index (Phi) is 3.47. The van der Waals surface area contributed by atoms with E-state index in [0.29, 0.717) is 10.0 Å². The fraction of sp³-hybridized carbons (Fsp3) is 0.0667. The van der Waals surface area contributed by atoms with E-state index >= 15 is 0 Å². The highest BCUT2D eigenvalue weighted by atomic mass is 35.5. The van der Waals surface area contributed by atoms with Crippen LogP contribution >= 0.6 is 23.2 Å². The minimum absolute atomic E-state index is 0.663. The number of rotatable bonds is 2. The Morgan fingerprint density at radius 1 is 0.900 bits per heavy atom. The second kappa shape index (κ2) is 5.27. The van der Waals surface area contributed by atoms with Crippen LogP contribution in [-0.2, 0) is 0 Å². The van der Waals surface area contributed by atoms with Gasteiger partial charge in [0.25, 0.3) is 0 Å². The molecule has 1 heterocycles. The number of fused-ring (bicyclic) bond motifs is 1. The molecule has 5 heteroatoms. The Labute approximate surface area is 126 Å². The van der Waals surface area contributed by atoms with Crippen LogP contribution in [0.5, 0.6) is 0 Å². The van der Waals surface area contributed by atoms with E-state index in [1.807, 2.05) is 54.4 Å². The zero-order valence-electron chi connectivity index (χ0n) is 10.7. The van der Waals surface area contributed by atoms with Gasteiger partial charge in [-0.25, -0.2) is 9.97 Å². The Hall–Kier alpha value is -1.84. The van der Waals surface area contributed by atoms with Gasteiger partial charge >= 0.3 is 0 Å². The van der Waals surface area contributed by atoms with E-state index in [9.17, 15) is 0 Å². The van der Waals surface area contributed by atoms with Crippen molar-refractivity contribution >= 4 is 45.6 Å². The number of halogens is 2. The number of benzene rings is 2. The second-order valence-electron chi connectivity index (χ2n) is 4.39. The minimum Gasteiger partial charge on any atom is -0.329 e. The summed E-state index contributed by atoms with van der Waals surface area (Å²) in [5, 5.41) is 2.33. The third kappa shape index (κ3) is 2.42. The molecule has 0 fully saturated rings. The molecule has 1 aromatic heterocycles. The lowest BCUT2D eigenvalue weighted by molar-refractivity contribution is 1.11. The number of hydrogen-bond donors (Lipinski definition) is 0. The van der Waals surface area contributed by atoms with E-state index in [2.05, 4.69) is 9.97 Å². The molecule has 0 atom stereocenters. The van der Waals surface area contributed by atoms with Crippen molar-refractivity contribution in [3.8, 4) is 0 Å². The lowest BCUT2D eigenvalue weighted by Gasteiger charge is -2.19. The summed E-state index contributed by atoms with van der Waals surface area (Å²) in [5.41, 5.74) is 1.83. The SMILES string of the molecule is CN(c1ccc(Cl)cc1)c1ncnc2cc(Cl)ccc12. The third-order valence-electron chi connectivity index (χ3n) is 3.11. The van der Waals surface area contributed by atoms with E-state index in [1.54, 1.807) is 6.33 Å². The summed E-state index contributed by atoms with van der Waals surface area (Å²) in [6, 6.07) is 13.2. The van der Waals surface area contributed by atoms with Gasteiger partial charge in [-0.15, -0.1) is 0 Å². The molecule has 0 aliphatic rings. The topological polar surface area (TPSA) is 29.0 Å². The molecular formula is C15H11Cl2N3. The van der Waals surface area contributed by atoms with E-state index in [0.717, 1.165) is 22.4 Å². The van der Waals surface area contributed by atoms with Gasteiger partial charge in [0.1, 0.15) is 12.1 Å². The Morgan fingerprint density at radius 3 is 2.35 bits per heavy atom. The summed E-state index contributed by atoms with van der Waals surface area (Å²) < 4.78 is 0. The van der Waals surface area contributed by atoms with Gasteiger partial charge in [0, 0.05) is 28.2 Å². The zero-order valence-corrected chi connectivity index (χ0v) is 12.2. The Balaban J connectivity index is 2.11. The molecule has 0 bridgehead atoms. The number of aromatic nitrogens is 2. The quantitative estimate of drug-likeness (QED) is 0.687. The number of hydrogen-bond acceptors (Lipinski definition) is 3. The van der Waals surface area contributed by atoms with Crippen LogP contribution in [-0.4, -0.2) is 17.0 Å². The van der Waals surface area contributed by atoms with Crippen LogP contribution in [0.2, 0.25) is 10.0 Å². The summed E-state index contributed by atoms with van der Waals surface area (Å²) in [6.45, 7) is 0. The summed E-state index contributed by atoms with van der Waals surface area (Å²) >= 11 is 11.9. The molecule has 0 radical (unpaired) electrons. The predicted octanol–water partition coefficient (Wildman–Crippen LogP) is 4.70. The Bertz CT molecular complexity index is 757. The van der Waals surface area contributed by atoms with Crippen molar-refractivity contribution in [2.45, 2.75) is 0 Å². The molecule has 3 aromatic rings. The molecule has 2 aromatic carbocycles. The minimum atomic E-state index is 0.663. The van der Waals surface area contributed by atoms with Gasteiger partial charge in [-0.2, -0.15) is 0 Å². The first kappa shape index (κ1) is 13.2. The van der Waals surface area contributed by atoms with Gasteiger partial charge < -0.3 is 4.90 Å². The van der Waals surface area contributed by atoms with Crippen LogP contribution < -0.4 is 4.90 Å². The number of anilines is 2.